The van der Waals surface area contributed by atoms with Gasteiger partial charge < -0.3 is 14.3 Å². The van der Waals surface area contributed by atoms with E-state index in [9.17, 15) is 4.39 Å². The molecule has 31 heavy (non-hydrogen) atoms. The molecule has 0 radical (unpaired) electrons. The Morgan fingerprint density at radius 1 is 1.19 bits per heavy atom. The number of aromatic nitrogens is 7. The van der Waals surface area contributed by atoms with Crippen molar-refractivity contribution in [3.05, 3.63) is 77.5 Å². The third kappa shape index (κ3) is 2.87. The Morgan fingerprint density at radius 3 is 2.97 bits per heavy atom. The average molecular weight is 416 g/mol. The number of halogens is 1. The maximum absolute atomic E-state index is 13.2. The minimum absolute atomic E-state index is 0.229. The summed E-state index contributed by atoms with van der Waals surface area (Å²) in [6.45, 7) is 2.70. The molecule has 0 unspecified atom stereocenters. The Morgan fingerprint density at radius 2 is 2.13 bits per heavy atom. The molecule has 1 N–H and O–H groups in total. The summed E-state index contributed by atoms with van der Waals surface area (Å²) in [6.07, 6.45) is 5.50. The molecule has 6 heterocycles. The van der Waals surface area contributed by atoms with Crippen LogP contribution in [0.3, 0.4) is 0 Å². The monoisotopic (exact) mass is 416 g/mol. The Bertz CT molecular complexity index is 1390. The minimum atomic E-state index is -0.423. The predicted octanol–water partition coefficient (Wildman–Crippen LogP) is 3.10. The summed E-state index contributed by atoms with van der Waals surface area (Å²) in [7, 11) is 0. The van der Waals surface area contributed by atoms with Crippen LogP contribution in [0.2, 0.25) is 0 Å². The van der Waals surface area contributed by atoms with Crippen LogP contribution in [0.25, 0.3) is 17.1 Å². The van der Waals surface area contributed by atoms with E-state index < -0.39 is 5.82 Å². The normalized spacial score (nSPS) is 16.1. The lowest BCUT2D eigenvalue weighted by Gasteiger charge is -2.32. The summed E-state index contributed by atoms with van der Waals surface area (Å²) in [6, 6.07) is 8.96. The summed E-state index contributed by atoms with van der Waals surface area (Å²) >= 11 is 0. The van der Waals surface area contributed by atoms with Gasteiger partial charge >= 0.3 is 6.01 Å². The van der Waals surface area contributed by atoms with Crippen molar-refractivity contribution in [1.82, 2.24) is 34.8 Å². The number of rotatable bonds is 3. The Labute approximate surface area is 175 Å². The molecule has 0 saturated carbocycles. The second-order valence-corrected chi connectivity index (χ2v) is 7.45. The van der Waals surface area contributed by atoms with Crippen molar-refractivity contribution in [2.45, 2.75) is 19.4 Å². The molecule has 1 aliphatic rings. The number of pyridine rings is 2. The van der Waals surface area contributed by atoms with Gasteiger partial charge in [0.15, 0.2) is 0 Å². The van der Waals surface area contributed by atoms with E-state index in [1.165, 1.54) is 12.1 Å². The molecule has 5 aromatic rings. The van der Waals surface area contributed by atoms with Crippen LogP contribution in [0.15, 0.2) is 53.5 Å². The lowest BCUT2D eigenvalue weighted by molar-refractivity contribution is 0.502. The first-order valence-electron chi connectivity index (χ1n) is 9.86. The number of hydrogen-bond donors (Lipinski definition) is 1. The third-order valence-corrected chi connectivity index (χ3v) is 5.54. The number of nitrogens with one attached hydrogen (secondary N) is 1. The molecule has 0 amide bonds. The van der Waals surface area contributed by atoms with Crippen molar-refractivity contribution >= 4 is 11.5 Å². The standard InChI is InChI=1S/C21H17FN8O/c1-12-3-2-7-30-17(12)9-16(28-30)19-18-14(24-11-25-18)6-8-29(19)21-27-26-20(31-21)15-5-4-13(22)10-23-15/h2-5,7,9-11,19H,6,8H2,1H3,(H,24,25)/t19-/m1/s1. The van der Waals surface area contributed by atoms with Gasteiger partial charge in [-0.25, -0.2) is 18.9 Å². The molecule has 1 atom stereocenters. The molecule has 0 aliphatic carbocycles. The summed E-state index contributed by atoms with van der Waals surface area (Å²) in [5.41, 5.74) is 5.36. The van der Waals surface area contributed by atoms with Gasteiger partial charge in [0.25, 0.3) is 5.89 Å². The van der Waals surface area contributed by atoms with Crippen LogP contribution in [-0.4, -0.2) is 41.3 Å². The second-order valence-electron chi connectivity index (χ2n) is 7.45. The molecule has 5 aromatic heterocycles. The van der Waals surface area contributed by atoms with Crippen LogP contribution in [-0.2, 0) is 6.42 Å². The van der Waals surface area contributed by atoms with E-state index in [4.69, 9.17) is 9.52 Å². The average Bonchev–Trinajstić information content (AvgIpc) is 3.52. The highest BCUT2D eigenvalue weighted by Crippen LogP contribution is 2.37. The summed E-state index contributed by atoms with van der Waals surface area (Å²) in [5, 5.41) is 13.2. The van der Waals surface area contributed by atoms with Crippen molar-refractivity contribution in [3.8, 4) is 11.6 Å². The van der Waals surface area contributed by atoms with E-state index in [0.29, 0.717) is 18.3 Å². The molecule has 6 rings (SSSR count). The summed E-state index contributed by atoms with van der Waals surface area (Å²) in [5.74, 6) is -0.194. The quantitative estimate of drug-likeness (QED) is 0.482. The fourth-order valence-corrected chi connectivity index (χ4v) is 4.03. The highest BCUT2D eigenvalue weighted by atomic mass is 19.1. The van der Waals surface area contributed by atoms with E-state index in [0.717, 1.165) is 40.8 Å². The molecule has 1 aliphatic heterocycles. The summed E-state index contributed by atoms with van der Waals surface area (Å²) in [4.78, 5) is 13.8. The van der Waals surface area contributed by atoms with Crippen molar-refractivity contribution in [3.63, 3.8) is 0 Å². The molecule has 0 saturated heterocycles. The second kappa shape index (κ2) is 6.73. The highest BCUT2D eigenvalue weighted by Gasteiger charge is 2.36. The van der Waals surface area contributed by atoms with Gasteiger partial charge in [-0.15, -0.1) is 5.10 Å². The molecule has 0 bridgehead atoms. The number of aromatic amines is 1. The first kappa shape index (κ1) is 17.8. The number of nitrogens with zero attached hydrogens (tertiary/aromatic N) is 7. The van der Waals surface area contributed by atoms with Crippen molar-refractivity contribution in [1.29, 1.82) is 0 Å². The zero-order valence-electron chi connectivity index (χ0n) is 16.5. The Balaban J connectivity index is 1.44. The van der Waals surface area contributed by atoms with Gasteiger partial charge in [0, 0.05) is 24.9 Å². The zero-order valence-corrected chi connectivity index (χ0v) is 16.5. The number of anilines is 1. The molecular weight excluding hydrogens is 399 g/mol. The zero-order chi connectivity index (χ0) is 20.9. The van der Waals surface area contributed by atoms with Crippen LogP contribution in [0, 0.1) is 12.7 Å². The number of fused-ring (bicyclic) bond motifs is 2. The fraction of sp³-hybridized carbons (Fsp3) is 0.190. The smallest absolute Gasteiger partial charge is 0.319 e. The number of aryl methyl sites for hydroxylation is 1. The van der Waals surface area contributed by atoms with Gasteiger partial charge in [-0.2, -0.15) is 5.10 Å². The molecule has 9 nitrogen and oxygen atoms in total. The van der Waals surface area contributed by atoms with Gasteiger partial charge in [-0.3, -0.25) is 0 Å². The lowest BCUT2D eigenvalue weighted by Crippen LogP contribution is -2.36. The van der Waals surface area contributed by atoms with Crippen molar-refractivity contribution in [2.24, 2.45) is 0 Å². The Kier molecular flexibility index (Phi) is 3.85. The maximum Gasteiger partial charge on any atom is 0.319 e. The van der Waals surface area contributed by atoms with Crippen LogP contribution < -0.4 is 4.90 Å². The maximum atomic E-state index is 13.2. The molecule has 0 aromatic carbocycles. The van der Waals surface area contributed by atoms with Crippen molar-refractivity contribution < 1.29 is 8.81 Å². The molecule has 0 spiro atoms. The van der Waals surface area contributed by atoms with Crippen LogP contribution in [0.4, 0.5) is 10.4 Å². The van der Waals surface area contributed by atoms with Gasteiger partial charge in [0.2, 0.25) is 0 Å². The van der Waals surface area contributed by atoms with Crippen LogP contribution in [0.5, 0.6) is 0 Å². The van der Waals surface area contributed by atoms with Crippen molar-refractivity contribution in [2.75, 3.05) is 11.4 Å². The number of imidazole rings is 1. The Hall–Kier alpha value is -4.08. The predicted molar refractivity (Wildman–Crippen MR) is 109 cm³/mol. The number of H-pyrrole nitrogens is 1. The van der Waals surface area contributed by atoms with E-state index >= 15 is 0 Å². The SMILES string of the molecule is Cc1cccn2nc([C@@H]3c4nc[nH]c4CCN3c3nnc(-c4ccc(F)cn4)o3)cc12. The fourth-order valence-electron chi connectivity index (χ4n) is 4.03. The molecule has 10 heteroatoms. The lowest BCUT2D eigenvalue weighted by atomic mass is 10.00. The molecule has 154 valence electrons. The van der Waals surface area contributed by atoms with Crippen LogP contribution >= 0.6 is 0 Å². The topological polar surface area (TPSA) is 101 Å². The first-order chi connectivity index (χ1) is 15.2. The third-order valence-electron chi connectivity index (χ3n) is 5.54. The first-order valence-corrected chi connectivity index (χ1v) is 9.86. The van der Waals surface area contributed by atoms with Gasteiger partial charge in [-0.05, 0) is 36.8 Å². The molecule has 0 fully saturated rings. The number of hydrogen-bond acceptors (Lipinski definition) is 7. The van der Waals surface area contributed by atoms with E-state index in [2.05, 4.69) is 44.2 Å². The van der Waals surface area contributed by atoms with Gasteiger partial charge in [0.1, 0.15) is 17.6 Å². The largest absolute Gasteiger partial charge is 0.402 e. The van der Waals surface area contributed by atoms with Crippen LogP contribution in [0.1, 0.15) is 28.7 Å². The minimum Gasteiger partial charge on any atom is -0.402 e. The van der Waals surface area contributed by atoms with E-state index in [-0.39, 0.29) is 11.9 Å². The van der Waals surface area contributed by atoms with E-state index in [1.54, 1.807) is 6.33 Å². The van der Waals surface area contributed by atoms with Gasteiger partial charge in [0.05, 0.1) is 29.4 Å². The highest BCUT2D eigenvalue weighted by molar-refractivity contribution is 5.57. The van der Waals surface area contributed by atoms with E-state index in [1.807, 2.05) is 21.7 Å². The van der Waals surface area contributed by atoms with Gasteiger partial charge in [-0.1, -0.05) is 11.2 Å². The molecular formula is C21H17FN8O. The summed E-state index contributed by atoms with van der Waals surface area (Å²) < 4.78 is 21.0.